The molecule has 0 amide bonds. The zero-order chi connectivity index (χ0) is 14.8. The number of rotatable bonds is 2. The van der Waals surface area contributed by atoms with Crippen LogP contribution in [0.25, 0.3) is 0 Å². The molecule has 102 valence electrons. The first kappa shape index (κ1) is 14.5. The summed E-state index contributed by atoms with van der Waals surface area (Å²) in [6.45, 7) is 1.95. The Labute approximate surface area is 119 Å². The summed E-state index contributed by atoms with van der Waals surface area (Å²) in [4.78, 5) is 1.40. The number of hydrogen-bond acceptors (Lipinski definition) is 2. The van der Waals surface area contributed by atoms with Crippen LogP contribution in [0.2, 0.25) is 0 Å². The molecule has 0 spiro atoms. The van der Waals surface area contributed by atoms with Crippen molar-refractivity contribution in [2.75, 3.05) is 0 Å². The van der Waals surface area contributed by atoms with Gasteiger partial charge in [-0.2, -0.15) is 18.4 Å². The fraction of sp³-hybridized carbons (Fsp3) is 0.133. The minimum absolute atomic E-state index is 0.0328. The van der Waals surface area contributed by atoms with E-state index in [4.69, 9.17) is 5.26 Å². The molecule has 0 aliphatic heterocycles. The zero-order valence-electron chi connectivity index (χ0n) is 10.5. The van der Waals surface area contributed by atoms with Crippen LogP contribution in [0, 0.1) is 18.3 Å². The molecule has 0 atom stereocenters. The first-order valence-electron chi connectivity index (χ1n) is 5.76. The van der Waals surface area contributed by atoms with Gasteiger partial charge in [-0.25, -0.2) is 0 Å². The van der Waals surface area contributed by atoms with Gasteiger partial charge in [0.05, 0.1) is 11.1 Å². The van der Waals surface area contributed by atoms with Gasteiger partial charge in [-0.05, 0) is 37.3 Å². The van der Waals surface area contributed by atoms with E-state index < -0.39 is 11.7 Å². The number of hydrogen-bond donors (Lipinski definition) is 0. The number of alkyl halides is 3. The third-order valence-corrected chi connectivity index (χ3v) is 3.76. The summed E-state index contributed by atoms with van der Waals surface area (Å²) in [7, 11) is 0. The molecule has 0 bridgehead atoms. The Balaban J connectivity index is 2.33. The Morgan fingerprint density at radius 1 is 1.05 bits per heavy atom. The van der Waals surface area contributed by atoms with Gasteiger partial charge in [0.1, 0.15) is 6.07 Å². The Bertz CT molecular complexity index is 654. The Hall–Kier alpha value is -1.93. The van der Waals surface area contributed by atoms with E-state index in [1.54, 1.807) is 0 Å². The summed E-state index contributed by atoms with van der Waals surface area (Å²) >= 11 is 1.28. The lowest BCUT2D eigenvalue weighted by molar-refractivity contribution is -0.137. The standard InChI is InChI=1S/C15H10F3NS/c1-10-2-5-13(6-3-10)20-14-7-4-12(15(16,17)18)8-11(14)9-19/h2-8H,1H3. The van der Waals surface area contributed by atoms with Gasteiger partial charge in [0.25, 0.3) is 0 Å². The van der Waals surface area contributed by atoms with Crippen molar-refractivity contribution in [1.29, 1.82) is 5.26 Å². The van der Waals surface area contributed by atoms with E-state index >= 15 is 0 Å². The topological polar surface area (TPSA) is 23.8 Å². The van der Waals surface area contributed by atoms with Gasteiger partial charge in [0.15, 0.2) is 0 Å². The summed E-state index contributed by atoms with van der Waals surface area (Å²) in [5.41, 5.74) is 0.329. The van der Waals surface area contributed by atoms with Crippen LogP contribution in [0.15, 0.2) is 52.3 Å². The molecule has 2 rings (SSSR count). The minimum atomic E-state index is -4.43. The highest BCUT2D eigenvalue weighted by Gasteiger charge is 2.31. The van der Waals surface area contributed by atoms with E-state index in [9.17, 15) is 13.2 Å². The fourth-order valence-corrected chi connectivity index (χ4v) is 2.49. The van der Waals surface area contributed by atoms with Crippen LogP contribution in [-0.2, 0) is 6.18 Å². The molecule has 0 N–H and O–H groups in total. The molecule has 0 saturated heterocycles. The van der Waals surface area contributed by atoms with Crippen molar-refractivity contribution < 1.29 is 13.2 Å². The normalized spacial score (nSPS) is 11.2. The summed E-state index contributed by atoms with van der Waals surface area (Å²) in [5, 5.41) is 9.00. The molecule has 0 aliphatic rings. The van der Waals surface area contributed by atoms with Crippen LogP contribution in [0.1, 0.15) is 16.7 Å². The third-order valence-electron chi connectivity index (χ3n) is 2.68. The van der Waals surface area contributed by atoms with E-state index in [1.807, 2.05) is 37.3 Å². The summed E-state index contributed by atoms with van der Waals surface area (Å²) < 4.78 is 37.8. The Morgan fingerprint density at radius 3 is 2.25 bits per heavy atom. The third kappa shape index (κ3) is 3.34. The second-order valence-corrected chi connectivity index (χ2v) is 5.35. The first-order chi connectivity index (χ1) is 9.40. The molecule has 0 aliphatic carbocycles. The van der Waals surface area contributed by atoms with Crippen LogP contribution in [0.5, 0.6) is 0 Å². The molecule has 0 radical (unpaired) electrons. The van der Waals surface area contributed by atoms with Crippen molar-refractivity contribution in [1.82, 2.24) is 0 Å². The van der Waals surface area contributed by atoms with Crippen LogP contribution < -0.4 is 0 Å². The second kappa shape index (κ2) is 5.59. The summed E-state index contributed by atoms with van der Waals surface area (Å²) in [5.74, 6) is 0. The molecule has 0 fully saturated rings. The van der Waals surface area contributed by atoms with Crippen LogP contribution in [0.4, 0.5) is 13.2 Å². The lowest BCUT2D eigenvalue weighted by atomic mass is 10.1. The van der Waals surface area contributed by atoms with Crippen molar-refractivity contribution in [3.8, 4) is 6.07 Å². The average Bonchev–Trinajstić information content (AvgIpc) is 2.40. The number of aryl methyl sites for hydroxylation is 1. The van der Waals surface area contributed by atoms with Crippen molar-refractivity contribution in [2.45, 2.75) is 22.9 Å². The predicted octanol–water partition coefficient (Wildman–Crippen LogP) is 5.04. The van der Waals surface area contributed by atoms with Crippen LogP contribution in [-0.4, -0.2) is 0 Å². The smallest absolute Gasteiger partial charge is 0.192 e. The summed E-state index contributed by atoms with van der Waals surface area (Å²) in [6, 6.07) is 12.6. The van der Waals surface area contributed by atoms with E-state index in [1.165, 1.54) is 17.8 Å². The molecule has 0 unspecified atom stereocenters. The molecule has 2 aromatic rings. The predicted molar refractivity (Wildman–Crippen MR) is 71.5 cm³/mol. The lowest BCUT2D eigenvalue weighted by Crippen LogP contribution is -2.05. The van der Waals surface area contributed by atoms with E-state index in [-0.39, 0.29) is 5.56 Å². The molecule has 5 heteroatoms. The van der Waals surface area contributed by atoms with Crippen molar-refractivity contribution in [3.63, 3.8) is 0 Å². The van der Waals surface area contributed by atoms with Gasteiger partial charge in [0.2, 0.25) is 0 Å². The van der Waals surface area contributed by atoms with E-state index in [0.717, 1.165) is 22.6 Å². The second-order valence-electron chi connectivity index (χ2n) is 4.24. The molecule has 0 aromatic heterocycles. The Morgan fingerprint density at radius 2 is 1.70 bits per heavy atom. The first-order valence-corrected chi connectivity index (χ1v) is 6.57. The van der Waals surface area contributed by atoms with Gasteiger partial charge in [0, 0.05) is 9.79 Å². The van der Waals surface area contributed by atoms with Gasteiger partial charge < -0.3 is 0 Å². The molecular formula is C15H10F3NS. The Kier molecular flexibility index (Phi) is 4.05. The number of halogens is 3. The highest BCUT2D eigenvalue weighted by Crippen LogP contribution is 2.35. The SMILES string of the molecule is Cc1ccc(Sc2ccc(C(F)(F)F)cc2C#N)cc1. The maximum atomic E-state index is 12.6. The number of benzene rings is 2. The van der Waals surface area contributed by atoms with Crippen molar-refractivity contribution in [3.05, 3.63) is 59.2 Å². The maximum absolute atomic E-state index is 12.6. The monoisotopic (exact) mass is 293 g/mol. The van der Waals surface area contributed by atoms with Crippen LogP contribution >= 0.6 is 11.8 Å². The highest BCUT2D eigenvalue weighted by atomic mass is 32.2. The fourth-order valence-electron chi connectivity index (χ4n) is 1.62. The molecule has 0 saturated carbocycles. The van der Waals surface area contributed by atoms with Gasteiger partial charge >= 0.3 is 6.18 Å². The molecule has 20 heavy (non-hydrogen) atoms. The maximum Gasteiger partial charge on any atom is 0.416 e. The molecular weight excluding hydrogens is 283 g/mol. The zero-order valence-corrected chi connectivity index (χ0v) is 11.3. The van der Waals surface area contributed by atoms with Crippen molar-refractivity contribution in [2.24, 2.45) is 0 Å². The quantitative estimate of drug-likeness (QED) is 0.774. The number of nitrogens with zero attached hydrogens (tertiary/aromatic N) is 1. The molecule has 1 nitrogen and oxygen atoms in total. The van der Waals surface area contributed by atoms with Gasteiger partial charge in [-0.1, -0.05) is 29.5 Å². The van der Waals surface area contributed by atoms with E-state index in [0.29, 0.717) is 4.90 Å². The minimum Gasteiger partial charge on any atom is -0.192 e. The van der Waals surface area contributed by atoms with E-state index in [2.05, 4.69) is 0 Å². The average molecular weight is 293 g/mol. The molecule has 0 heterocycles. The number of nitriles is 1. The van der Waals surface area contributed by atoms with Gasteiger partial charge in [-0.3, -0.25) is 0 Å². The lowest BCUT2D eigenvalue weighted by Gasteiger charge is -2.09. The summed E-state index contributed by atoms with van der Waals surface area (Å²) in [6.07, 6.45) is -4.43. The van der Waals surface area contributed by atoms with Crippen molar-refractivity contribution >= 4 is 11.8 Å². The van der Waals surface area contributed by atoms with Gasteiger partial charge in [-0.15, -0.1) is 0 Å². The van der Waals surface area contributed by atoms with Crippen LogP contribution in [0.3, 0.4) is 0 Å². The largest absolute Gasteiger partial charge is 0.416 e. The molecule has 2 aromatic carbocycles. The highest BCUT2D eigenvalue weighted by molar-refractivity contribution is 7.99.